The van der Waals surface area contributed by atoms with Crippen molar-refractivity contribution in [2.45, 2.75) is 26.4 Å². The van der Waals surface area contributed by atoms with E-state index in [1.807, 2.05) is 0 Å². The molecular weight excluding hydrogens is 305 g/mol. The lowest BCUT2D eigenvalue weighted by molar-refractivity contribution is 0.855. The number of nitrogens with zero attached hydrogens (tertiary/aromatic N) is 2. The van der Waals surface area contributed by atoms with Gasteiger partial charge in [-0.1, -0.05) is 54.4 Å². The molecule has 5 heteroatoms. The van der Waals surface area contributed by atoms with Crippen LogP contribution in [-0.2, 0) is 13.1 Å². The van der Waals surface area contributed by atoms with Crippen molar-refractivity contribution in [3.63, 3.8) is 0 Å². The van der Waals surface area contributed by atoms with E-state index in [2.05, 4.69) is 46.4 Å². The number of aromatic nitrogens is 1. The van der Waals surface area contributed by atoms with Gasteiger partial charge in [0.05, 0.1) is 10.0 Å². The molecule has 0 atom stereocenters. The first-order valence-corrected chi connectivity index (χ1v) is 7.86. The van der Waals surface area contributed by atoms with E-state index < -0.39 is 0 Å². The molecule has 110 valence electrons. The monoisotopic (exact) mass is 321 g/mol. The van der Waals surface area contributed by atoms with Gasteiger partial charge < -0.3 is 10.2 Å². The molecule has 1 aromatic carbocycles. The lowest BCUT2D eigenvalue weighted by atomic mass is 10.1. The number of halogens is 2. The fraction of sp³-hybridized carbons (Fsp3) is 0.312. The van der Waals surface area contributed by atoms with E-state index in [1.54, 1.807) is 6.07 Å². The molecule has 0 aliphatic carbocycles. The molecule has 2 heterocycles. The standard InChI is InChI=1S/C16H17Cl2N3/c1-2-7-19-15-13(17)8-14(18)16(20-15)21-9-11-5-3-4-6-12(11)10-21/h3-6,8H,2,7,9-10H2,1H3,(H,19,20). The lowest BCUT2D eigenvalue weighted by Crippen LogP contribution is -2.17. The topological polar surface area (TPSA) is 28.2 Å². The summed E-state index contributed by atoms with van der Waals surface area (Å²) in [5.41, 5.74) is 2.65. The molecule has 0 saturated carbocycles. The first-order valence-electron chi connectivity index (χ1n) is 7.10. The SMILES string of the molecule is CCCNc1nc(N2Cc3ccccc3C2)c(Cl)cc1Cl. The molecule has 2 aromatic rings. The van der Waals surface area contributed by atoms with Gasteiger partial charge >= 0.3 is 0 Å². The van der Waals surface area contributed by atoms with Crippen molar-refractivity contribution in [1.82, 2.24) is 4.98 Å². The maximum Gasteiger partial charge on any atom is 0.150 e. The van der Waals surface area contributed by atoms with Gasteiger partial charge in [-0.3, -0.25) is 0 Å². The van der Waals surface area contributed by atoms with Crippen LogP contribution in [0.1, 0.15) is 24.5 Å². The number of anilines is 2. The van der Waals surface area contributed by atoms with Gasteiger partial charge in [0.1, 0.15) is 5.82 Å². The molecule has 1 aromatic heterocycles. The van der Waals surface area contributed by atoms with Crippen LogP contribution >= 0.6 is 23.2 Å². The molecule has 3 nitrogen and oxygen atoms in total. The molecule has 0 fully saturated rings. The Morgan fingerprint density at radius 2 is 1.81 bits per heavy atom. The summed E-state index contributed by atoms with van der Waals surface area (Å²) < 4.78 is 0. The van der Waals surface area contributed by atoms with E-state index in [1.165, 1.54) is 11.1 Å². The zero-order chi connectivity index (χ0) is 14.8. The summed E-state index contributed by atoms with van der Waals surface area (Å²) in [4.78, 5) is 6.81. The second-order valence-electron chi connectivity index (χ2n) is 5.18. The Hall–Kier alpha value is -1.45. The molecule has 1 N–H and O–H groups in total. The third kappa shape index (κ3) is 2.94. The van der Waals surface area contributed by atoms with Crippen molar-refractivity contribution in [2.75, 3.05) is 16.8 Å². The van der Waals surface area contributed by atoms with E-state index in [4.69, 9.17) is 23.2 Å². The quantitative estimate of drug-likeness (QED) is 0.882. The van der Waals surface area contributed by atoms with Crippen LogP contribution in [0.15, 0.2) is 30.3 Å². The van der Waals surface area contributed by atoms with Gasteiger partial charge in [0.25, 0.3) is 0 Å². The number of fused-ring (bicyclic) bond motifs is 1. The summed E-state index contributed by atoms with van der Waals surface area (Å²) in [5, 5.41) is 4.40. The summed E-state index contributed by atoms with van der Waals surface area (Å²) in [6, 6.07) is 10.2. The van der Waals surface area contributed by atoms with Crippen LogP contribution in [0.3, 0.4) is 0 Å². The van der Waals surface area contributed by atoms with E-state index in [9.17, 15) is 0 Å². The summed E-state index contributed by atoms with van der Waals surface area (Å²) in [5.74, 6) is 1.49. The second kappa shape index (κ2) is 6.12. The van der Waals surface area contributed by atoms with Crippen LogP contribution in [0.5, 0.6) is 0 Å². The first kappa shape index (κ1) is 14.5. The molecule has 0 radical (unpaired) electrons. The van der Waals surface area contributed by atoms with Gasteiger partial charge in [0.2, 0.25) is 0 Å². The highest BCUT2D eigenvalue weighted by atomic mass is 35.5. The fourth-order valence-corrected chi connectivity index (χ4v) is 3.07. The van der Waals surface area contributed by atoms with Crippen LogP contribution in [0.2, 0.25) is 10.0 Å². The number of rotatable bonds is 4. The highest BCUT2D eigenvalue weighted by Crippen LogP contribution is 2.35. The average molecular weight is 322 g/mol. The molecule has 0 amide bonds. The Kier molecular flexibility index (Phi) is 4.22. The van der Waals surface area contributed by atoms with Crippen LogP contribution < -0.4 is 10.2 Å². The molecule has 1 aliphatic heterocycles. The minimum absolute atomic E-state index is 0.564. The Labute approximate surface area is 134 Å². The summed E-state index contributed by atoms with van der Waals surface area (Å²) in [7, 11) is 0. The lowest BCUT2D eigenvalue weighted by Gasteiger charge is -2.19. The van der Waals surface area contributed by atoms with Crippen LogP contribution in [-0.4, -0.2) is 11.5 Å². The molecule has 0 bridgehead atoms. The average Bonchev–Trinajstić information content (AvgIpc) is 2.90. The highest BCUT2D eigenvalue weighted by molar-refractivity contribution is 6.37. The van der Waals surface area contributed by atoms with Crippen molar-refractivity contribution >= 4 is 34.8 Å². The number of nitrogens with one attached hydrogen (secondary N) is 1. The van der Waals surface area contributed by atoms with Gasteiger partial charge in [-0.15, -0.1) is 0 Å². The number of hydrogen-bond donors (Lipinski definition) is 1. The number of hydrogen-bond acceptors (Lipinski definition) is 3. The third-order valence-corrected chi connectivity index (χ3v) is 4.16. The molecule has 0 spiro atoms. The summed E-state index contributed by atoms with van der Waals surface area (Å²) >= 11 is 12.5. The zero-order valence-electron chi connectivity index (χ0n) is 11.9. The van der Waals surface area contributed by atoms with Gasteiger partial charge in [0, 0.05) is 19.6 Å². The number of pyridine rings is 1. The van der Waals surface area contributed by atoms with E-state index in [-0.39, 0.29) is 0 Å². The van der Waals surface area contributed by atoms with Crippen molar-refractivity contribution < 1.29 is 0 Å². The zero-order valence-corrected chi connectivity index (χ0v) is 13.4. The highest BCUT2D eigenvalue weighted by Gasteiger charge is 2.22. The molecule has 21 heavy (non-hydrogen) atoms. The Balaban J connectivity index is 1.89. The van der Waals surface area contributed by atoms with Crippen molar-refractivity contribution in [3.8, 4) is 0 Å². The van der Waals surface area contributed by atoms with Gasteiger partial charge in [0.15, 0.2) is 5.82 Å². The van der Waals surface area contributed by atoms with Crippen LogP contribution in [0.25, 0.3) is 0 Å². The molecule has 0 saturated heterocycles. The van der Waals surface area contributed by atoms with E-state index in [0.717, 1.165) is 31.9 Å². The summed E-state index contributed by atoms with van der Waals surface area (Å²) in [6.07, 6.45) is 1.02. The van der Waals surface area contributed by atoms with Crippen LogP contribution in [0.4, 0.5) is 11.6 Å². The minimum Gasteiger partial charge on any atom is -0.369 e. The van der Waals surface area contributed by atoms with Gasteiger partial charge in [-0.05, 0) is 23.6 Å². The second-order valence-corrected chi connectivity index (χ2v) is 5.99. The Morgan fingerprint density at radius 1 is 1.14 bits per heavy atom. The molecule has 3 rings (SSSR count). The van der Waals surface area contributed by atoms with Crippen LogP contribution in [0, 0.1) is 0 Å². The molecule has 1 aliphatic rings. The largest absolute Gasteiger partial charge is 0.369 e. The molecule has 0 unspecified atom stereocenters. The fourth-order valence-electron chi connectivity index (χ4n) is 2.53. The Bertz CT molecular complexity index is 633. The maximum absolute atomic E-state index is 6.34. The minimum atomic E-state index is 0.564. The van der Waals surface area contributed by atoms with E-state index >= 15 is 0 Å². The van der Waals surface area contributed by atoms with Crippen molar-refractivity contribution in [2.24, 2.45) is 0 Å². The molecular formula is C16H17Cl2N3. The Morgan fingerprint density at radius 3 is 2.43 bits per heavy atom. The maximum atomic E-state index is 6.34. The van der Waals surface area contributed by atoms with Crippen molar-refractivity contribution in [3.05, 3.63) is 51.5 Å². The predicted octanol–water partition coefficient (Wildman–Crippen LogP) is 4.73. The third-order valence-electron chi connectivity index (χ3n) is 3.59. The number of benzene rings is 1. The van der Waals surface area contributed by atoms with E-state index in [0.29, 0.717) is 15.9 Å². The smallest absolute Gasteiger partial charge is 0.150 e. The van der Waals surface area contributed by atoms with Gasteiger partial charge in [-0.25, -0.2) is 4.98 Å². The summed E-state index contributed by atoms with van der Waals surface area (Å²) in [6.45, 7) is 4.61. The first-order chi connectivity index (χ1) is 10.2. The van der Waals surface area contributed by atoms with Crippen molar-refractivity contribution in [1.29, 1.82) is 0 Å². The van der Waals surface area contributed by atoms with Gasteiger partial charge in [-0.2, -0.15) is 0 Å². The predicted molar refractivity (Wildman–Crippen MR) is 89.4 cm³/mol. The normalized spacial score (nSPS) is 13.4.